The van der Waals surface area contributed by atoms with Crippen LogP contribution in [0.5, 0.6) is 11.5 Å². The quantitative estimate of drug-likeness (QED) is 0.0283. The number of para-hydroxylation sites is 2. The van der Waals surface area contributed by atoms with Crippen LogP contribution in [0.4, 0.5) is 0 Å². The first-order chi connectivity index (χ1) is 45.3. The van der Waals surface area contributed by atoms with E-state index in [1.54, 1.807) is 50.2 Å². The minimum atomic E-state index is -4.63. The Kier molecular flexibility index (Phi) is 64.3. The highest BCUT2D eigenvalue weighted by Crippen LogP contribution is 2.42. The second kappa shape index (κ2) is 62.0. The van der Waals surface area contributed by atoms with Crippen LogP contribution >= 0.6 is 7.82 Å². The first kappa shape index (κ1) is 101. The van der Waals surface area contributed by atoms with Gasteiger partial charge in [0, 0.05) is 68.7 Å². The molecular weight excluding hydrogens is 1250 g/mol. The summed E-state index contributed by atoms with van der Waals surface area (Å²) < 4.78 is 29.6. The van der Waals surface area contributed by atoms with E-state index < -0.39 is 30.6 Å². The van der Waals surface area contributed by atoms with E-state index in [4.69, 9.17) is 14.5 Å². The lowest BCUT2D eigenvalue weighted by Gasteiger charge is -2.24. The van der Waals surface area contributed by atoms with Crippen molar-refractivity contribution in [3.8, 4) is 11.5 Å². The Bertz CT molecular complexity index is 2860. The first-order valence-corrected chi connectivity index (χ1v) is 35.5. The van der Waals surface area contributed by atoms with Crippen LogP contribution in [-0.4, -0.2) is 75.6 Å². The summed E-state index contributed by atoms with van der Waals surface area (Å²) in [5, 5.41) is 0. The van der Waals surface area contributed by atoms with E-state index in [9.17, 15) is 47.7 Å². The van der Waals surface area contributed by atoms with E-state index >= 15 is 0 Å². The second-order valence-corrected chi connectivity index (χ2v) is 25.3. The molecule has 0 fully saturated rings. The maximum Gasteiger partial charge on any atom is 0.524 e. The van der Waals surface area contributed by atoms with Crippen molar-refractivity contribution < 1.29 is 76.2 Å². The van der Waals surface area contributed by atoms with Gasteiger partial charge in [0.05, 0.1) is 10.8 Å². The number of phosphoric acid groups is 1. The highest BCUT2D eigenvalue weighted by molar-refractivity contribution is 7.46. The van der Waals surface area contributed by atoms with E-state index in [1.165, 1.54) is 79.2 Å². The van der Waals surface area contributed by atoms with Gasteiger partial charge < -0.3 is 18.7 Å². The van der Waals surface area contributed by atoms with Gasteiger partial charge in [-0.15, -0.1) is 0 Å². The molecule has 0 aromatic heterocycles. The minimum Gasteiger partial charge on any atom is -0.458 e. The average molecular weight is 1370 g/mol. The third-order valence-electron chi connectivity index (χ3n) is 11.9. The van der Waals surface area contributed by atoms with Crippen LogP contribution in [0.15, 0.2) is 140 Å². The number of benzene rings is 5. The molecule has 2 N–H and O–H groups in total. The van der Waals surface area contributed by atoms with E-state index in [1.807, 2.05) is 118 Å². The Morgan fingerprint density at radius 2 is 0.711 bits per heavy atom. The number of rotatable bonds is 22. The number of hydrogen-bond acceptors (Lipinski definition) is 14. The van der Waals surface area contributed by atoms with Gasteiger partial charge in [0.25, 0.3) is 0 Å². The maximum atomic E-state index is 11.6. The summed E-state index contributed by atoms with van der Waals surface area (Å²) in [5.41, 5.74) is 2.27. The van der Waals surface area contributed by atoms with Gasteiger partial charge in [0.1, 0.15) is 36.3 Å². The Morgan fingerprint density at radius 1 is 0.412 bits per heavy atom. The van der Waals surface area contributed by atoms with Gasteiger partial charge in [-0.3, -0.25) is 52.9 Å². The lowest BCUT2D eigenvalue weighted by molar-refractivity contribution is -0.145. The summed E-state index contributed by atoms with van der Waals surface area (Å²) in [4.78, 5) is 117. The molecule has 17 heteroatoms. The number of carbonyl (C=O) groups excluding carboxylic acids is 9. The van der Waals surface area contributed by atoms with Gasteiger partial charge >= 0.3 is 25.7 Å². The van der Waals surface area contributed by atoms with Crippen LogP contribution < -0.4 is 9.26 Å². The predicted molar refractivity (Wildman–Crippen MR) is 398 cm³/mol. The molecule has 0 saturated heterocycles. The maximum absolute atomic E-state index is 11.6. The van der Waals surface area contributed by atoms with Crippen LogP contribution in [-0.2, 0) is 64.9 Å². The van der Waals surface area contributed by atoms with Crippen molar-refractivity contribution in [1.82, 2.24) is 0 Å². The second-order valence-electron chi connectivity index (χ2n) is 24.2. The molecular formula is C80H125O16P. The highest BCUT2D eigenvalue weighted by Gasteiger charge is 2.32. The third-order valence-corrected chi connectivity index (χ3v) is 12.3. The lowest BCUT2D eigenvalue weighted by Crippen LogP contribution is -2.27. The fourth-order valence-corrected chi connectivity index (χ4v) is 7.03. The van der Waals surface area contributed by atoms with Gasteiger partial charge in [0.15, 0.2) is 23.1 Å². The molecule has 0 amide bonds. The van der Waals surface area contributed by atoms with Crippen molar-refractivity contribution >= 4 is 60.4 Å². The summed E-state index contributed by atoms with van der Waals surface area (Å²) >= 11 is 0. The number of Topliss-reactive ketones (excluding diaryl/α,β-unsaturated/α-hetero) is 6. The van der Waals surface area contributed by atoms with Crippen molar-refractivity contribution in [2.75, 3.05) is 13.2 Å². The third kappa shape index (κ3) is 59.5. The largest absolute Gasteiger partial charge is 0.524 e. The fraction of sp³-hybridized carbons (Fsp3) is 0.512. The Labute approximate surface area is 585 Å². The van der Waals surface area contributed by atoms with E-state index in [0.29, 0.717) is 48.8 Å². The van der Waals surface area contributed by atoms with Crippen molar-refractivity contribution in [2.24, 2.45) is 11.8 Å². The smallest absolute Gasteiger partial charge is 0.458 e. The van der Waals surface area contributed by atoms with Crippen LogP contribution in [0.3, 0.4) is 0 Å². The summed E-state index contributed by atoms with van der Waals surface area (Å²) in [5.74, 6) is 0.459. The standard InChI is InChI=1S/C13H16O3.C11H15O5P.C11H12O3.2C11H14O.C7H12O3.C4H10.4C3H8/c1-9(14)13(3,4)11-7-5-6-8-12(11)16-10(2)15;1-8(12)11(2,3)9-6-4-5-7-10(9)16-17(13,14)15;1-9(12)14-8-11(13)7-10-5-3-2-4-6-10;2*1-9(2)8-11(12)10-6-4-3-5-7-10;1-3-4-7(9)5-10-6(2)8;1-3-4-2;4*1-3-2/h5-8H,1-4H3;4-7H,1-3H3,(H2,13,14,15);2-6H,7-8H2,1H3;2*3-7,9H,8H2,1-2H3;3-5H2,1-2H3;3-4H2,1-2H3;4*3H2,1-2H3. The minimum absolute atomic E-state index is 0.0160. The van der Waals surface area contributed by atoms with Gasteiger partial charge in [-0.1, -0.05) is 270 Å². The molecule has 0 aliphatic rings. The molecule has 0 bridgehead atoms. The zero-order chi connectivity index (χ0) is 76.2. The van der Waals surface area contributed by atoms with E-state index in [-0.39, 0.29) is 59.6 Å². The number of phosphoric ester groups is 1. The molecule has 5 rings (SSSR count). The molecule has 0 heterocycles. The molecule has 0 unspecified atom stereocenters. The number of unbranched alkanes of at least 4 members (excludes halogenated alkanes) is 1. The van der Waals surface area contributed by atoms with Crippen molar-refractivity contribution in [1.29, 1.82) is 0 Å². The molecule has 0 radical (unpaired) electrons. The summed E-state index contributed by atoms with van der Waals surface area (Å²) in [6.07, 6.45) is 10.5. The molecule has 546 valence electrons. The van der Waals surface area contributed by atoms with Gasteiger partial charge in [0.2, 0.25) is 0 Å². The fourth-order valence-electron chi connectivity index (χ4n) is 6.61. The van der Waals surface area contributed by atoms with Crippen molar-refractivity contribution in [2.45, 2.75) is 248 Å². The monoisotopic (exact) mass is 1370 g/mol. The normalized spacial score (nSPS) is 9.86. The number of carbonyl (C=O) groups is 9. The van der Waals surface area contributed by atoms with E-state index in [0.717, 1.165) is 28.7 Å². The van der Waals surface area contributed by atoms with Crippen LogP contribution in [0.25, 0.3) is 0 Å². The highest BCUT2D eigenvalue weighted by atomic mass is 31.2. The van der Waals surface area contributed by atoms with Crippen LogP contribution in [0.2, 0.25) is 0 Å². The average Bonchev–Trinajstić information content (AvgIpc) is 0.830. The van der Waals surface area contributed by atoms with Crippen molar-refractivity contribution in [3.63, 3.8) is 0 Å². The number of ketones is 6. The van der Waals surface area contributed by atoms with E-state index in [2.05, 4.69) is 111 Å². The summed E-state index contributed by atoms with van der Waals surface area (Å²) in [6, 6.07) is 41.7. The zero-order valence-corrected chi connectivity index (χ0v) is 64.6. The topological polar surface area (TPSA) is 248 Å². The van der Waals surface area contributed by atoms with Crippen LogP contribution in [0.1, 0.15) is 268 Å². The first-order valence-electron chi connectivity index (χ1n) is 34.0. The molecule has 5 aromatic rings. The van der Waals surface area contributed by atoms with Gasteiger partial charge in [-0.2, -0.15) is 0 Å². The number of hydrogen-bond donors (Lipinski definition) is 2. The molecule has 0 spiro atoms. The van der Waals surface area contributed by atoms with Gasteiger partial charge in [-0.25, -0.2) is 4.57 Å². The molecule has 0 aliphatic heterocycles. The Morgan fingerprint density at radius 3 is 1.00 bits per heavy atom. The summed E-state index contributed by atoms with van der Waals surface area (Å²) in [6.45, 7) is 45.2. The van der Waals surface area contributed by atoms with Gasteiger partial charge in [-0.05, 0) is 77.5 Å². The Hall–Kier alpha value is -7.52. The Balaban J connectivity index is -0.000000246. The predicted octanol–water partition coefficient (Wildman–Crippen LogP) is 20.1. The molecule has 16 nitrogen and oxygen atoms in total. The molecule has 0 atom stereocenters. The molecule has 97 heavy (non-hydrogen) atoms. The lowest BCUT2D eigenvalue weighted by atomic mass is 9.81. The number of esters is 3. The zero-order valence-electron chi connectivity index (χ0n) is 63.7. The number of ether oxygens (including phenoxy) is 3. The molecule has 0 saturated carbocycles. The molecule has 5 aromatic carbocycles. The van der Waals surface area contributed by atoms with Crippen molar-refractivity contribution in [3.05, 3.63) is 167 Å². The SMILES string of the molecule is CC(=O)C(C)(C)c1ccccc1OP(=O)(O)O.CC(=O)OCC(=O)Cc1ccccc1.CC(=O)Oc1ccccc1C(C)(C)C(C)=O.CC(C)CC(=O)c1ccccc1.CC(C)CC(=O)c1ccccc1.CCC.CCC.CCC.CCC.CCCC.CCCC(=O)COC(C)=O. The van der Waals surface area contributed by atoms with Crippen LogP contribution in [0, 0.1) is 11.8 Å². The summed E-state index contributed by atoms with van der Waals surface area (Å²) in [7, 11) is -4.63. The molecule has 0 aliphatic carbocycles.